The number of benzene rings is 1. The van der Waals surface area contributed by atoms with Gasteiger partial charge in [-0.3, -0.25) is 9.59 Å². The van der Waals surface area contributed by atoms with Gasteiger partial charge in [0.15, 0.2) is 0 Å². The molecule has 5 heteroatoms. The summed E-state index contributed by atoms with van der Waals surface area (Å²) in [6.45, 7) is 10.7. The molecule has 0 unspecified atom stereocenters. The number of carbonyl (C=O) groups is 2. The molecule has 5 nitrogen and oxygen atoms in total. The molecule has 0 saturated carbocycles. The van der Waals surface area contributed by atoms with Gasteiger partial charge in [0.2, 0.25) is 11.8 Å². The van der Waals surface area contributed by atoms with Gasteiger partial charge in [-0.1, -0.05) is 36.8 Å². The first-order chi connectivity index (χ1) is 11.0. The number of piperazine rings is 1. The molecule has 0 radical (unpaired) electrons. The van der Waals surface area contributed by atoms with E-state index in [0.717, 1.165) is 38.3 Å². The SMILES string of the molecule is CCN1CCN(C(=O)CN(Cc2ccc(C)cc2)C(C)=O)CC1. The number of rotatable bonds is 5. The highest BCUT2D eigenvalue weighted by Gasteiger charge is 2.23. The van der Waals surface area contributed by atoms with Crippen molar-refractivity contribution >= 4 is 11.8 Å². The summed E-state index contributed by atoms with van der Waals surface area (Å²) in [5, 5.41) is 0. The molecule has 23 heavy (non-hydrogen) atoms. The first-order valence-corrected chi connectivity index (χ1v) is 8.30. The fourth-order valence-electron chi connectivity index (χ4n) is 2.77. The van der Waals surface area contributed by atoms with Gasteiger partial charge in [0.1, 0.15) is 6.54 Å². The normalized spacial score (nSPS) is 15.5. The van der Waals surface area contributed by atoms with Gasteiger partial charge in [0, 0.05) is 39.6 Å². The van der Waals surface area contributed by atoms with Crippen LogP contribution in [0.25, 0.3) is 0 Å². The Hall–Kier alpha value is -1.88. The molecule has 1 saturated heterocycles. The minimum atomic E-state index is -0.0638. The Morgan fingerprint density at radius 1 is 1.09 bits per heavy atom. The molecular formula is C18H27N3O2. The predicted octanol–water partition coefficient (Wildman–Crippen LogP) is 1.51. The molecule has 1 heterocycles. The monoisotopic (exact) mass is 317 g/mol. The van der Waals surface area contributed by atoms with E-state index in [9.17, 15) is 9.59 Å². The number of nitrogens with zero attached hydrogens (tertiary/aromatic N) is 3. The van der Waals surface area contributed by atoms with Crippen molar-refractivity contribution in [2.24, 2.45) is 0 Å². The summed E-state index contributed by atoms with van der Waals surface area (Å²) in [5.41, 5.74) is 2.24. The Bertz CT molecular complexity index is 534. The minimum Gasteiger partial charge on any atom is -0.339 e. The Balaban J connectivity index is 1.92. The maximum Gasteiger partial charge on any atom is 0.242 e. The molecule has 1 aromatic rings. The third kappa shape index (κ3) is 5.06. The summed E-state index contributed by atoms with van der Waals surface area (Å²) in [7, 11) is 0. The average Bonchev–Trinajstić information content (AvgIpc) is 2.56. The zero-order valence-electron chi connectivity index (χ0n) is 14.4. The van der Waals surface area contributed by atoms with Crippen molar-refractivity contribution in [1.82, 2.24) is 14.7 Å². The summed E-state index contributed by atoms with van der Waals surface area (Å²) in [5.74, 6) is -0.0193. The zero-order chi connectivity index (χ0) is 16.8. The van der Waals surface area contributed by atoms with E-state index < -0.39 is 0 Å². The van der Waals surface area contributed by atoms with E-state index in [4.69, 9.17) is 0 Å². The van der Waals surface area contributed by atoms with Crippen LogP contribution in [0.3, 0.4) is 0 Å². The fourth-order valence-corrected chi connectivity index (χ4v) is 2.77. The van der Waals surface area contributed by atoms with Crippen LogP contribution in [0.2, 0.25) is 0 Å². The molecule has 2 rings (SSSR count). The van der Waals surface area contributed by atoms with Crippen molar-refractivity contribution < 1.29 is 9.59 Å². The van der Waals surface area contributed by atoms with E-state index in [1.807, 2.05) is 36.1 Å². The Kier molecular flexibility index (Phi) is 6.16. The lowest BCUT2D eigenvalue weighted by atomic mass is 10.1. The molecule has 0 atom stereocenters. The van der Waals surface area contributed by atoms with Crippen molar-refractivity contribution in [3.05, 3.63) is 35.4 Å². The number of likely N-dealkylation sites (N-methyl/N-ethyl adjacent to an activating group) is 1. The summed E-state index contributed by atoms with van der Waals surface area (Å²) in [4.78, 5) is 30.2. The Morgan fingerprint density at radius 3 is 2.22 bits per heavy atom. The number of carbonyl (C=O) groups excluding carboxylic acids is 2. The molecule has 126 valence electrons. The molecule has 0 N–H and O–H groups in total. The van der Waals surface area contributed by atoms with Gasteiger partial charge < -0.3 is 14.7 Å². The lowest BCUT2D eigenvalue weighted by Gasteiger charge is -2.35. The predicted molar refractivity (Wildman–Crippen MR) is 91.0 cm³/mol. The van der Waals surface area contributed by atoms with Crippen LogP contribution in [0.1, 0.15) is 25.0 Å². The number of hydrogen-bond donors (Lipinski definition) is 0. The van der Waals surface area contributed by atoms with Crippen LogP contribution in [-0.4, -0.2) is 65.8 Å². The van der Waals surface area contributed by atoms with Crippen molar-refractivity contribution in [3.63, 3.8) is 0 Å². The maximum atomic E-state index is 12.5. The van der Waals surface area contributed by atoms with Gasteiger partial charge in [0.25, 0.3) is 0 Å². The van der Waals surface area contributed by atoms with Crippen molar-refractivity contribution in [1.29, 1.82) is 0 Å². The second-order valence-corrected chi connectivity index (χ2v) is 6.18. The van der Waals surface area contributed by atoms with Crippen LogP contribution in [0.5, 0.6) is 0 Å². The average molecular weight is 317 g/mol. The number of aryl methyl sites for hydroxylation is 1. The smallest absolute Gasteiger partial charge is 0.242 e. The number of hydrogen-bond acceptors (Lipinski definition) is 3. The molecule has 1 aromatic carbocycles. The molecule has 0 bridgehead atoms. The highest BCUT2D eigenvalue weighted by atomic mass is 16.2. The summed E-state index contributed by atoms with van der Waals surface area (Å²) >= 11 is 0. The lowest BCUT2D eigenvalue weighted by Crippen LogP contribution is -2.51. The van der Waals surface area contributed by atoms with Gasteiger partial charge in [-0.05, 0) is 19.0 Å². The largest absolute Gasteiger partial charge is 0.339 e. The summed E-state index contributed by atoms with van der Waals surface area (Å²) in [6, 6.07) is 8.07. The van der Waals surface area contributed by atoms with E-state index in [0.29, 0.717) is 6.54 Å². The fraction of sp³-hybridized carbons (Fsp3) is 0.556. The highest BCUT2D eigenvalue weighted by Crippen LogP contribution is 2.09. The lowest BCUT2D eigenvalue weighted by molar-refractivity contribution is -0.140. The molecule has 1 aliphatic rings. The standard InChI is InChI=1S/C18H27N3O2/c1-4-19-9-11-20(12-10-19)18(23)14-21(16(3)22)13-17-7-5-15(2)6-8-17/h5-8H,4,9-14H2,1-3H3. The van der Waals surface area contributed by atoms with Crippen LogP contribution >= 0.6 is 0 Å². The minimum absolute atomic E-state index is 0.0445. The van der Waals surface area contributed by atoms with Gasteiger partial charge in [0.05, 0.1) is 0 Å². The zero-order valence-corrected chi connectivity index (χ0v) is 14.4. The molecule has 1 fully saturated rings. The molecule has 0 aromatic heterocycles. The molecular weight excluding hydrogens is 290 g/mol. The highest BCUT2D eigenvalue weighted by molar-refractivity contribution is 5.83. The van der Waals surface area contributed by atoms with E-state index in [1.54, 1.807) is 4.90 Å². The quantitative estimate of drug-likeness (QED) is 0.827. The van der Waals surface area contributed by atoms with Gasteiger partial charge in [-0.2, -0.15) is 0 Å². The first-order valence-electron chi connectivity index (χ1n) is 8.30. The molecule has 0 aliphatic carbocycles. The van der Waals surface area contributed by atoms with Crippen LogP contribution in [0.4, 0.5) is 0 Å². The second-order valence-electron chi connectivity index (χ2n) is 6.18. The summed E-state index contributed by atoms with van der Waals surface area (Å²) in [6.07, 6.45) is 0. The number of amides is 2. The molecule has 1 aliphatic heterocycles. The van der Waals surface area contributed by atoms with Gasteiger partial charge in [-0.15, -0.1) is 0 Å². The first kappa shape index (κ1) is 17.5. The van der Waals surface area contributed by atoms with E-state index in [2.05, 4.69) is 11.8 Å². The van der Waals surface area contributed by atoms with E-state index in [1.165, 1.54) is 12.5 Å². The third-order valence-corrected chi connectivity index (χ3v) is 4.44. The maximum absolute atomic E-state index is 12.5. The van der Waals surface area contributed by atoms with Crippen LogP contribution in [0, 0.1) is 6.92 Å². The van der Waals surface area contributed by atoms with Crippen LogP contribution in [-0.2, 0) is 16.1 Å². The van der Waals surface area contributed by atoms with Crippen molar-refractivity contribution in [2.45, 2.75) is 27.3 Å². The van der Waals surface area contributed by atoms with E-state index >= 15 is 0 Å². The van der Waals surface area contributed by atoms with Crippen LogP contribution < -0.4 is 0 Å². The topological polar surface area (TPSA) is 43.9 Å². The Labute approximate surface area is 138 Å². The third-order valence-electron chi connectivity index (χ3n) is 4.44. The Morgan fingerprint density at radius 2 is 1.70 bits per heavy atom. The van der Waals surface area contributed by atoms with Gasteiger partial charge in [-0.25, -0.2) is 0 Å². The van der Waals surface area contributed by atoms with Gasteiger partial charge >= 0.3 is 0 Å². The second kappa shape index (κ2) is 8.11. The van der Waals surface area contributed by atoms with Crippen molar-refractivity contribution in [2.75, 3.05) is 39.3 Å². The van der Waals surface area contributed by atoms with Crippen LogP contribution in [0.15, 0.2) is 24.3 Å². The van der Waals surface area contributed by atoms with Crippen molar-refractivity contribution in [3.8, 4) is 0 Å². The molecule has 2 amide bonds. The summed E-state index contributed by atoms with van der Waals surface area (Å²) < 4.78 is 0. The van der Waals surface area contributed by atoms with E-state index in [-0.39, 0.29) is 18.4 Å². The molecule has 0 spiro atoms.